The normalized spacial score (nSPS) is 10.7. The summed E-state index contributed by atoms with van der Waals surface area (Å²) in [5, 5.41) is 0. The van der Waals surface area contributed by atoms with Crippen LogP contribution in [0.4, 0.5) is 11.4 Å². The average molecular weight is 592 g/mol. The molecule has 7 heteroatoms. The van der Waals surface area contributed by atoms with Gasteiger partial charge in [0, 0.05) is 0 Å². The quantitative estimate of drug-likeness (QED) is 0.298. The smallest absolute Gasteiger partial charge is 1.00 e. The van der Waals surface area contributed by atoms with Crippen molar-refractivity contribution in [2.24, 2.45) is 9.98 Å². The van der Waals surface area contributed by atoms with Crippen molar-refractivity contribution in [1.82, 2.24) is 4.98 Å². The first kappa shape index (κ1) is 31.3. The van der Waals surface area contributed by atoms with Gasteiger partial charge in [0.2, 0.25) is 0 Å². The van der Waals surface area contributed by atoms with Gasteiger partial charge in [-0.2, -0.15) is 0 Å². The summed E-state index contributed by atoms with van der Waals surface area (Å²) >= 11 is 0. The van der Waals surface area contributed by atoms with Crippen molar-refractivity contribution in [2.45, 2.75) is 27.7 Å². The van der Waals surface area contributed by atoms with Gasteiger partial charge in [0.1, 0.15) is 0 Å². The second kappa shape index (κ2) is 15.0. The Morgan fingerprint density at radius 1 is 0.600 bits per heavy atom. The Hall–Kier alpha value is -0.849. The largest absolute Gasteiger partial charge is 3.00 e. The number of nitrogens with zero attached hydrogens (tertiary/aromatic N) is 3. The second-order valence-corrected chi connectivity index (χ2v) is 6.47. The fraction of sp³-hybridized carbons (Fsp3) is 0.174. The van der Waals surface area contributed by atoms with Crippen LogP contribution >= 0.6 is 0 Å². The summed E-state index contributed by atoms with van der Waals surface area (Å²) in [5.74, 6) is 0. The minimum absolute atomic E-state index is 0. The fourth-order valence-corrected chi connectivity index (χ4v) is 2.58. The number of aromatic nitrogens is 1. The molecule has 1 radical (unpaired) electrons. The Balaban J connectivity index is 0. The van der Waals surface area contributed by atoms with E-state index >= 15 is 0 Å². The predicted octanol–water partition coefficient (Wildman–Crippen LogP) is -3.01. The number of hydrogen-bond donors (Lipinski definition) is 0. The maximum Gasteiger partial charge on any atom is 3.00 e. The topological polar surface area (TPSA) is 37.6 Å². The monoisotopic (exact) mass is 588 g/mol. The Morgan fingerprint density at radius 2 is 0.933 bits per heavy atom. The minimum Gasteiger partial charge on any atom is -1.00 e. The molecule has 3 nitrogen and oxygen atoms in total. The summed E-state index contributed by atoms with van der Waals surface area (Å²) in [6.07, 6.45) is 0. The van der Waals surface area contributed by atoms with Gasteiger partial charge in [0.15, 0.2) is 0 Å². The van der Waals surface area contributed by atoms with Crippen molar-refractivity contribution in [2.75, 3.05) is 0 Å². The molecule has 0 aliphatic carbocycles. The molecule has 0 spiro atoms. The van der Waals surface area contributed by atoms with Gasteiger partial charge in [-0.1, -0.05) is 41.5 Å². The van der Waals surface area contributed by atoms with Crippen LogP contribution in [0.15, 0.2) is 76.7 Å². The second-order valence-electron chi connectivity index (χ2n) is 6.47. The number of hydrogen-bond acceptors (Lipinski definition) is 3. The fourth-order valence-electron chi connectivity index (χ4n) is 2.58. The summed E-state index contributed by atoms with van der Waals surface area (Å²) in [7, 11) is 0. The van der Waals surface area contributed by atoms with Gasteiger partial charge in [-0.15, -0.1) is 0 Å². The maximum atomic E-state index is 4.74. The van der Waals surface area contributed by atoms with E-state index < -0.39 is 0 Å². The summed E-state index contributed by atoms with van der Waals surface area (Å²) in [5.41, 5.74) is 7.82. The first-order valence-electron chi connectivity index (χ1n) is 8.73. The van der Waals surface area contributed by atoms with Crippen LogP contribution in [0.2, 0.25) is 0 Å². The molecule has 0 unspecified atom stereocenters. The van der Waals surface area contributed by atoms with E-state index in [-0.39, 0.29) is 78.1 Å². The molecule has 0 bridgehead atoms. The van der Waals surface area contributed by atoms with E-state index in [0.717, 1.165) is 34.2 Å². The van der Waals surface area contributed by atoms with Crippen LogP contribution in [0.1, 0.15) is 36.4 Å². The molecule has 2 aromatic carbocycles. The minimum atomic E-state index is 0. The SMILES string of the molecule is CC(=Nc1ccc(C)cc1)c1cccc(C(C)=Nc2ccc(C)cc2)n1.[Cl-].[Cl-].[Cl-].[Nd+3]. The zero-order chi connectivity index (χ0) is 18.5. The number of benzene rings is 2. The van der Waals surface area contributed by atoms with Gasteiger partial charge in [-0.05, 0) is 64.1 Å². The Labute approximate surface area is 230 Å². The van der Waals surface area contributed by atoms with Gasteiger partial charge < -0.3 is 37.2 Å². The molecule has 0 aliphatic heterocycles. The van der Waals surface area contributed by atoms with Crippen molar-refractivity contribution >= 4 is 22.8 Å². The van der Waals surface area contributed by atoms with Crippen molar-refractivity contribution in [3.8, 4) is 0 Å². The van der Waals surface area contributed by atoms with E-state index in [9.17, 15) is 0 Å². The molecule has 3 rings (SSSR count). The van der Waals surface area contributed by atoms with Crippen molar-refractivity contribution in [1.29, 1.82) is 0 Å². The Bertz CT molecular complexity index is 893. The van der Waals surface area contributed by atoms with Crippen LogP contribution in [0.3, 0.4) is 0 Å². The molecule has 0 aliphatic rings. The zero-order valence-corrected chi connectivity index (χ0v) is 22.8. The average Bonchev–Trinajstić information content (AvgIpc) is 2.65. The van der Waals surface area contributed by atoms with Gasteiger partial charge in [-0.3, -0.25) is 9.98 Å². The number of halogens is 3. The predicted molar refractivity (Wildman–Crippen MR) is 110 cm³/mol. The van der Waals surface area contributed by atoms with Crippen molar-refractivity contribution in [3.63, 3.8) is 0 Å². The van der Waals surface area contributed by atoms with E-state index in [0.29, 0.717) is 0 Å². The molecule has 0 atom stereocenters. The molecule has 3 aromatic rings. The van der Waals surface area contributed by atoms with E-state index in [2.05, 4.69) is 48.1 Å². The summed E-state index contributed by atoms with van der Waals surface area (Å²) in [4.78, 5) is 14.1. The van der Waals surface area contributed by atoms with Gasteiger partial charge in [0.05, 0.1) is 34.2 Å². The molecule has 0 N–H and O–H groups in total. The third-order valence-electron chi connectivity index (χ3n) is 4.15. The first-order chi connectivity index (χ1) is 12.5. The third kappa shape index (κ3) is 9.11. The number of aryl methyl sites for hydroxylation is 2. The molecular weight excluding hydrogens is 569 g/mol. The molecule has 155 valence electrons. The summed E-state index contributed by atoms with van der Waals surface area (Å²) in [6.45, 7) is 8.11. The van der Waals surface area contributed by atoms with Crippen LogP contribution in [-0.4, -0.2) is 16.4 Å². The Kier molecular flexibility index (Phi) is 15.7. The van der Waals surface area contributed by atoms with Crippen molar-refractivity contribution in [3.05, 3.63) is 89.2 Å². The van der Waals surface area contributed by atoms with Gasteiger partial charge in [0.25, 0.3) is 0 Å². The van der Waals surface area contributed by atoms with Crippen LogP contribution < -0.4 is 37.2 Å². The molecule has 30 heavy (non-hydrogen) atoms. The standard InChI is InChI=1S/C23H23N3.3ClH.Nd/c1-16-8-12-20(13-9-16)24-18(3)22-6-5-7-23(26-22)19(4)25-21-14-10-17(2)11-15-21;;;;/h5-15H,1-4H3;3*1H;/q;;;;+3/p-3. The van der Waals surface area contributed by atoms with E-state index in [4.69, 9.17) is 4.98 Å². The molecule has 0 saturated carbocycles. The molecule has 1 heterocycles. The number of aliphatic imine (C=N–C) groups is 2. The molecular formula is C23H23Cl3N3Nd. The zero-order valence-electron chi connectivity index (χ0n) is 17.3. The van der Waals surface area contributed by atoms with Gasteiger partial charge in [-0.25, -0.2) is 4.98 Å². The number of pyridine rings is 1. The first-order valence-corrected chi connectivity index (χ1v) is 8.73. The maximum absolute atomic E-state index is 4.74. The van der Waals surface area contributed by atoms with Crippen LogP contribution in [0, 0.1) is 54.7 Å². The van der Waals surface area contributed by atoms with E-state index in [1.807, 2.05) is 56.3 Å². The van der Waals surface area contributed by atoms with Crippen LogP contribution in [0.5, 0.6) is 0 Å². The third-order valence-corrected chi connectivity index (χ3v) is 4.15. The number of rotatable bonds is 4. The van der Waals surface area contributed by atoms with E-state index in [1.165, 1.54) is 11.1 Å². The van der Waals surface area contributed by atoms with E-state index in [1.54, 1.807) is 0 Å². The molecule has 0 amide bonds. The van der Waals surface area contributed by atoms with Crippen LogP contribution in [-0.2, 0) is 0 Å². The summed E-state index contributed by atoms with van der Waals surface area (Å²) in [6, 6.07) is 22.3. The molecule has 0 fully saturated rings. The molecule has 0 saturated heterocycles. The van der Waals surface area contributed by atoms with Crippen LogP contribution in [0.25, 0.3) is 0 Å². The van der Waals surface area contributed by atoms with Gasteiger partial charge >= 0.3 is 40.8 Å². The summed E-state index contributed by atoms with van der Waals surface area (Å²) < 4.78 is 0. The van der Waals surface area contributed by atoms with Crippen molar-refractivity contribution < 1.29 is 78.1 Å². The molecule has 1 aromatic heterocycles. The Morgan fingerprint density at radius 3 is 1.27 bits per heavy atom.